The minimum absolute atomic E-state index is 0. The molecular formula is C14H23N3S. The first kappa shape index (κ1) is 15.1. The van der Waals surface area contributed by atoms with Crippen molar-refractivity contribution in [1.82, 2.24) is 11.1 Å². The molecule has 0 aliphatic carbocycles. The Balaban J connectivity index is 0.00000162. The minimum Gasteiger partial charge on any atom is -0.361 e. The van der Waals surface area contributed by atoms with Crippen LogP contribution in [0.4, 0.5) is 0 Å². The molecule has 1 aromatic rings. The highest BCUT2D eigenvalue weighted by molar-refractivity contribution is 7.98. The lowest BCUT2D eigenvalue weighted by atomic mass is 10.2. The highest BCUT2D eigenvalue weighted by Gasteiger charge is 2.03. The Morgan fingerprint density at radius 1 is 1.17 bits per heavy atom. The summed E-state index contributed by atoms with van der Waals surface area (Å²) < 4.78 is 0. The average Bonchev–Trinajstić information content (AvgIpc) is 2.88. The third-order valence-electron chi connectivity index (χ3n) is 2.86. The number of nitrogens with zero attached hydrogens (tertiary/aromatic N) is 2. The molecule has 0 radical (unpaired) electrons. The van der Waals surface area contributed by atoms with Crippen molar-refractivity contribution in [2.24, 2.45) is 4.99 Å². The van der Waals surface area contributed by atoms with E-state index in [2.05, 4.69) is 40.2 Å². The number of thioether (sulfide) groups is 1. The lowest BCUT2D eigenvalue weighted by molar-refractivity contribution is 0.453. The van der Waals surface area contributed by atoms with Crippen molar-refractivity contribution in [2.45, 2.75) is 18.6 Å². The molecule has 1 aliphatic heterocycles. The number of benzene rings is 1. The van der Waals surface area contributed by atoms with Crippen molar-refractivity contribution in [3.8, 4) is 0 Å². The van der Waals surface area contributed by atoms with Crippen LogP contribution < -0.4 is 6.15 Å². The largest absolute Gasteiger partial charge is 0.361 e. The maximum atomic E-state index is 4.22. The van der Waals surface area contributed by atoms with Crippen molar-refractivity contribution < 1.29 is 0 Å². The third kappa shape index (κ3) is 5.56. The second-order valence-corrected chi connectivity index (χ2v) is 5.41. The van der Waals surface area contributed by atoms with Gasteiger partial charge in [0.25, 0.3) is 0 Å². The quantitative estimate of drug-likeness (QED) is 0.770. The van der Waals surface area contributed by atoms with Crippen molar-refractivity contribution in [2.75, 3.05) is 25.4 Å². The molecule has 0 bridgehead atoms. The summed E-state index contributed by atoms with van der Waals surface area (Å²) in [7, 11) is 0. The molecule has 0 amide bonds. The summed E-state index contributed by atoms with van der Waals surface area (Å²) in [6, 6.07) is 10.7. The van der Waals surface area contributed by atoms with Gasteiger partial charge in [-0.25, -0.2) is 0 Å². The Morgan fingerprint density at radius 2 is 2.00 bits per heavy atom. The summed E-state index contributed by atoms with van der Waals surface area (Å²) in [4.78, 5) is 6.54. The van der Waals surface area contributed by atoms with Crippen LogP contribution >= 0.6 is 11.8 Å². The van der Waals surface area contributed by atoms with Gasteiger partial charge < -0.3 is 11.1 Å². The first-order valence-corrected chi connectivity index (χ1v) is 7.46. The molecule has 3 nitrogen and oxygen atoms in total. The fraction of sp³-hybridized carbons (Fsp3) is 0.500. The zero-order valence-corrected chi connectivity index (χ0v) is 11.7. The van der Waals surface area contributed by atoms with Crippen LogP contribution in [0.15, 0.2) is 35.3 Å². The van der Waals surface area contributed by atoms with E-state index in [1.165, 1.54) is 30.7 Å². The molecule has 1 heterocycles. The van der Waals surface area contributed by atoms with Crippen LogP contribution in [0.5, 0.6) is 0 Å². The molecule has 1 aliphatic rings. The number of aliphatic imine (C=N–C) groups is 1. The molecule has 2 rings (SSSR count). The SMILES string of the molecule is C1=NCCN1CCCCSCc1ccccc1.N. The van der Waals surface area contributed by atoms with E-state index in [0.29, 0.717) is 0 Å². The van der Waals surface area contributed by atoms with Crippen LogP contribution in [0.3, 0.4) is 0 Å². The summed E-state index contributed by atoms with van der Waals surface area (Å²) >= 11 is 2.04. The standard InChI is InChI=1S/C14H20N2S.H3N/c1-2-6-14(7-3-1)12-17-11-5-4-9-16-10-8-15-13-16;/h1-3,6-7,13H,4-5,8-12H2;1H3. The van der Waals surface area contributed by atoms with E-state index in [0.717, 1.165) is 18.8 Å². The number of hydrogen-bond acceptors (Lipinski definition) is 4. The highest BCUT2D eigenvalue weighted by atomic mass is 32.2. The molecule has 100 valence electrons. The topological polar surface area (TPSA) is 50.6 Å². The van der Waals surface area contributed by atoms with Crippen LogP contribution in [0.1, 0.15) is 18.4 Å². The van der Waals surface area contributed by atoms with Crippen molar-refractivity contribution in [1.29, 1.82) is 0 Å². The summed E-state index contributed by atoms with van der Waals surface area (Å²) in [5.41, 5.74) is 1.43. The second-order valence-electron chi connectivity index (χ2n) is 4.30. The lowest BCUT2D eigenvalue weighted by Crippen LogP contribution is -2.20. The molecular weight excluding hydrogens is 242 g/mol. The predicted octanol–water partition coefficient (Wildman–Crippen LogP) is 3.21. The smallest absolute Gasteiger partial charge is 0.0851 e. The monoisotopic (exact) mass is 265 g/mol. The summed E-state index contributed by atoms with van der Waals surface area (Å²) in [6.07, 6.45) is 4.59. The molecule has 1 aromatic carbocycles. The molecule has 0 fully saturated rings. The van der Waals surface area contributed by atoms with Crippen LogP contribution in [-0.4, -0.2) is 36.6 Å². The van der Waals surface area contributed by atoms with Crippen molar-refractivity contribution >= 4 is 18.1 Å². The van der Waals surface area contributed by atoms with Crippen LogP contribution in [0, 0.1) is 0 Å². The van der Waals surface area contributed by atoms with Gasteiger partial charge in [0.05, 0.1) is 12.9 Å². The molecule has 4 heteroatoms. The van der Waals surface area contributed by atoms with Gasteiger partial charge in [-0.05, 0) is 24.2 Å². The van der Waals surface area contributed by atoms with Gasteiger partial charge in [0.1, 0.15) is 0 Å². The number of rotatable bonds is 7. The van der Waals surface area contributed by atoms with E-state index in [-0.39, 0.29) is 6.15 Å². The summed E-state index contributed by atoms with van der Waals surface area (Å²) in [5, 5.41) is 0. The number of unbranched alkanes of at least 4 members (excludes halogenated alkanes) is 1. The Morgan fingerprint density at radius 3 is 2.72 bits per heavy atom. The van der Waals surface area contributed by atoms with Gasteiger partial charge in [0.15, 0.2) is 0 Å². The van der Waals surface area contributed by atoms with Gasteiger partial charge in [-0.2, -0.15) is 11.8 Å². The predicted molar refractivity (Wildman–Crippen MR) is 81.8 cm³/mol. The Hall–Kier alpha value is -1.00. The van der Waals surface area contributed by atoms with E-state index >= 15 is 0 Å². The van der Waals surface area contributed by atoms with Crippen molar-refractivity contribution in [3.05, 3.63) is 35.9 Å². The normalized spacial score (nSPS) is 13.7. The molecule has 0 saturated carbocycles. The number of hydrogen-bond donors (Lipinski definition) is 1. The van der Waals surface area contributed by atoms with Crippen LogP contribution in [0.2, 0.25) is 0 Å². The summed E-state index contributed by atoms with van der Waals surface area (Å²) in [5.74, 6) is 2.41. The molecule has 0 atom stereocenters. The molecule has 0 aromatic heterocycles. The minimum atomic E-state index is 0. The highest BCUT2D eigenvalue weighted by Crippen LogP contribution is 2.13. The third-order valence-corrected chi connectivity index (χ3v) is 3.97. The molecule has 18 heavy (non-hydrogen) atoms. The Bertz CT molecular complexity index is 340. The zero-order valence-electron chi connectivity index (χ0n) is 10.9. The maximum Gasteiger partial charge on any atom is 0.0851 e. The molecule has 0 saturated heterocycles. The lowest BCUT2D eigenvalue weighted by Gasteiger charge is -2.12. The Kier molecular flexibility index (Phi) is 7.53. The molecule has 0 unspecified atom stereocenters. The molecule has 3 N–H and O–H groups in total. The maximum absolute atomic E-state index is 4.22. The van der Waals surface area contributed by atoms with Gasteiger partial charge >= 0.3 is 0 Å². The van der Waals surface area contributed by atoms with E-state index in [4.69, 9.17) is 0 Å². The van der Waals surface area contributed by atoms with E-state index in [1.54, 1.807) is 0 Å². The second kappa shape index (κ2) is 9.00. The first-order chi connectivity index (χ1) is 8.45. The molecule has 0 spiro atoms. The van der Waals surface area contributed by atoms with Crippen molar-refractivity contribution in [3.63, 3.8) is 0 Å². The van der Waals surface area contributed by atoms with E-state index < -0.39 is 0 Å². The van der Waals surface area contributed by atoms with E-state index in [9.17, 15) is 0 Å². The van der Waals surface area contributed by atoms with E-state index in [1.807, 2.05) is 18.1 Å². The fourth-order valence-electron chi connectivity index (χ4n) is 1.87. The average molecular weight is 265 g/mol. The zero-order chi connectivity index (χ0) is 11.8. The fourth-order valence-corrected chi connectivity index (χ4v) is 2.85. The summed E-state index contributed by atoms with van der Waals surface area (Å²) in [6.45, 7) is 3.29. The first-order valence-electron chi connectivity index (χ1n) is 6.31. The van der Waals surface area contributed by atoms with Gasteiger partial charge in [-0.3, -0.25) is 4.99 Å². The van der Waals surface area contributed by atoms with Crippen LogP contribution in [0.25, 0.3) is 0 Å². The van der Waals surface area contributed by atoms with Gasteiger partial charge in [-0.1, -0.05) is 30.3 Å². The van der Waals surface area contributed by atoms with Gasteiger partial charge in [-0.15, -0.1) is 0 Å². The van der Waals surface area contributed by atoms with Gasteiger partial charge in [0.2, 0.25) is 0 Å². The Labute approximate surface area is 114 Å². The van der Waals surface area contributed by atoms with Crippen LogP contribution in [-0.2, 0) is 5.75 Å². The van der Waals surface area contributed by atoms with Gasteiger partial charge in [0, 0.05) is 18.8 Å².